The SMILES string of the molecule is O=S(c1cccc(-c2cnnc(-c3ccc(F)cc3F)n2)c1)C(F)(F)F. The molecule has 0 aliphatic heterocycles. The number of aromatic nitrogens is 3. The molecule has 3 rings (SSSR count). The van der Waals surface area contributed by atoms with Gasteiger partial charge < -0.3 is 0 Å². The van der Waals surface area contributed by atoms with Gasteiger partial charge in [-0.25, -0.2) is 18.0 Å². The third-order valence-electron chi connectivity index (χ3n) is 3.28. The summed E-state index contributed by atoms with van der Waals surface area (Å²) in [4.78, 5) is 3.59. The van der Waals surface area contributed by atoms with Crippen LogP contribution in [-0.2, 0) is 10.8 Å². The molecule has 0 saturated carbocycles. The van der Waals surface area contributed by atoms with Crippen LogP contribution in [0, 0.1) is 11.6 Å². The van der Waals surface area contributed by atoms with Crippen molar-refractivity contribution in [2.75, 3.05) is 0 Å². The Balaban J connectivity index is 2.02. The van der Waals surface area contributed by atoms with Crippen molar-refractivity contribution in [1.29, 1.82) is 0 Å². The van der Waals surface area contributed by atoms with Gasteiger partial charge in [-0.05, 0) is 24.3 Å². The lowest BCUT2D eigenvalue weighted by molar-refractivity contribution is -0.0384. The van der Waals surface area contributed by atoms with Gasteiger partial charge in [0.25, 0.3) is 0 Å². The Morgan fingerprint density at radius 1 is 1.00 bits per heavy atom. The van der Waals surface area contributed by atoms with Crippen LogP contribution < -0.4 is 0 Å². The summed E-state index contributed by atoms with van der Waals surface area (Å²) in [5, 5.41) is 7.31. The van der Waals surface area contributed by atoms with E-state index in [4.69, 9.17) is 0 Å². The highest BCUT2D eigenvalue weighted by molar-refractivity contribution is 7.86. The standard InChI is InChI=1S/C16H8F5N3OS/c17-10-4-5-12(13(18)7-10)15-23-14(8-22-24-15)9-2-1-3-11(6-9)26(25)16(19,20)21/h1-8H. The molecule has 0 aliphatic carbocycles. The highest BCUT2D eigenvalue weighted by Crippen LogP contribution is 2.29. The van der Waals surface area contributed by atoms with E-state index in [9.17, 15) is 26.2 Å². The normalized spacial score (nSPS) is 12.8. The summed E-state index contributed by atoms with van der Waals surface area (Å²) in [7, 11) is -3.20. The Morgan fingerprint density at radius 2 is 1.77 bits per heavy atom. The molecule has 2 aromatic carbocycles. The Bertz CT molecular complexity index is 994. The molecule has 3 aromatic rings. The number of alkyl halides is 3. The van der Waals surface area contributed by atoms with Crippen LogP contribution in [0.2, 0.25) is 0 Å². The molecule has 134 valence electrons. The second-order valence-corrected chi connectivity index (χ2v) is 6.50. The van der Waals surface area contributed by atoms with Crippen molar-refractivity contribution in [3.8, 4) is 22.6 Å². The third-order valence-corrected chi connectivity index (χ3v) is 4.39. The molecule has 10 heteroatoms. The van der Waals surface area contributed by atoms with Crippen LogP contribution in [0.1, 0.15) is 0 Å². The fraction of sp³-hybridized carbons (Fsp3) is 0.0625. The second-order valence-electron chi connectivity index (χ2n) is 5.03. The minimum absolute atomic E-state index is 0.0970. The van der Waals surface area contributed by atoms with Crippen LogP contribution in [0.4, 0.5) is 22.0 Å². The highest BCUT2D eigenvalue weighted by Gasteiger charge is 2.38. The summed E-state index contributed by atoms with van der Waals surface area (Å²) in [6.07, 6.45) is 1.17. The molecule has 0 spiro atoms. The van der Waals surface area contributed by atoms with Crippen molar-refractivity contribution in [3.63, 3.8) is 0 Å². The molecule has 4 nitrogen and oxygen atoms in total. The molecule has 26 heavy (non-hydrogen) atoms. The van der Waals surface area contributed by atoms with E-state index in [0.29, 0.717) is 6.07 Å². The first-order chi connectivity index (χ1) is 12.3. The first-order valence-corrected chi connectivity index (χ1v) is 8.15. The summed E-state index contributed by atoms with van der Waals surface area (Å²) >= 11 is 0. The smallest absolute Gasteiger partial charge is 0.245 e. The zero-order chi connectivity index (χ0) is 18.9. The van der Waals surface area contributed by atoms with Gasteiger partial charge in [0.2, 0.25) is 0 Å². The molecular weight excluding hydrogens is 377 g/mol. The quantitative estimate of drug-likeness (QED) is 0.637. The minimum atomic E-state index is -4.90. The molecule has 0 radical (unpaired) electrons. The van der Waals surface area contributed by atoms with Gasteiger partial charge in [-0.15, -0.1) is 5.10 Å². The van der Waals surface area contributed by atoms with Crippen molar-refractivity contribution in [2.45, 2.75) is 10.4 Å². The number of hydrogen-bond donors (Lipinski definition) is 0. The average molecular weight is 385 g/mol. The fourth-order valence-corrected chi connectivity index (χ4v) is 2.84. The van der Waals surface area contributed by atoms with Crippen LogP contribution in [0.3, 0.4) is 0 Å². The van der Waals surface area contributed by atoms with Crippen LogP contribution in [0.15, 0.2) is 53.6 Å². The maximum atomic E-state index is 13.9. The van der Waals surface area contributed by atoms with Crippen LogP contribution in [0.25, 0.3) is 22.6 Å². The van der Waals surface area contributed by atoms with Gasteiger partial charge in [0.15, 0.2) is 16.6 Å². The molecule has 1 atom stereocenters. The zero-order valence-electron chi connectivity index (χ0n) is 12.7. The lowest BCUT2D eigenvalue weighted by Gasteiger charge is -2.08. The molecule has 0 aliphatic rings. The topological polar surface area (TPSA) is 55.7 Å². The lowest BCUT2D eigenvalue weighted by atomic mass is 10.1. The molecule has 0 fully saturated rings. The second kappa shape index (κ2) is 6.87. The van der Waals surface area contributed by atoms with Gasteiger partial charge in [-0.3, -0.25) is 0 Å². The van der Waals surface area contributed by atoms with E-state index in [0.717, 1.165) is 24.3 Å². The minimum Gasteiger partial charge on any atom is -0.245 e. The van der Waals surface area contributed by atoms with Crippen molar-refractivity contribution in [1.82, 2.24) is 15.2 Å². The highest BCUT2D eigenvalue weighted by atomic mass is 32.2. The summed E-state index contributed by atoms with van der Waals surface area (Å²) in [6.45, 7) is 0. The third kappa shape index (κ3) is 3.74. The van der Waals surface area contributed by atoms with Gasteiger partial charge >= 0.3 is 5.51 Å². The van der Waals surface area contributed by atoms with E-state index >= 15 is 0 Å². The largest absolute Gasteiger partial charge is 0.475 e. The van der Waals surface area contributed by atoms with Gasteiger partial charge in [-0.1, -0.05) is 12.1 Å². The van der Waals surface area contributed by atoms with Gasteiger partial charge in [0, 0.05) is 16.5 Å². The van der Waals surface area contributed by atoms with Crippen LogP contribution in [0.5, 0.6) is 0 Å². The molecule has 0 saturated heterocycles. The fourth-order valence-electron chi connectivity index (χ4n) is 2.13. The molecule has 1 heterocycles. The number of hydrogen-bond acceptors (Lipinski definition) is 4. The molecule has 1 unspecified atom stereocenters. The van der Waals surface area contributed by atoms with E-state index in [1.54, 1.807) is 0 Å². The van der Waals surface area contributed by atoms with Crippen LogP contribution >= 0.6 is 0 Å². The molecule has 0 N–H and O–H groups in total. The van der Waals surface area contributed by atoms with E-state index < -0.39 is 32.8 Å². The Hall–Kier alpha value is -2.75. The Labute approximate surface area is 146 Å². The molecule has 0 amide bonds. The number of halogens is 5. The maximum Gasteiger partial charge on any atom is 0.475 e. The van der Waals surface area contributed by atoms with Crippen LogP contribution in [-0.4, -0.2) is 24.9 Å². The zero-order valence-corrected chi connectivity index (χ0v) is 13.5. The summed E-state index contributed by atoms with van der Waals surface area (Å²) in [5.74, 6) is -1.85. The van der Waals surface area contributed by atoms with Crippen molar-refractivity contribution in [3.05, 3.63) is 60.3 Å². The maximum absolute atomic E-state index is 13.9. The Kier molecular flexibility index (Phi) is 4.77. The first-order valence-electron chi connectivity index (χ1n) is 7.00. The summed E-state index contributed by atoms with van der Waals surface area (Å²) in [5.41, 5.74) is -4.72. The Morgan fingerprint density at radius 3 is 2.46 bits per heavy atom. The van der Waals surface area contributed by atoms with Crippen molar-refractivity contribution >= 4 is 10.8 Å². The number of benzene rings is 2. The van der Waals surface area contributed by atoms with E-state index in [-0.39, 0.29) is 22.6 Å². The number of nitrogens with zero attached hydrogens (tertiary/aromatic N) is 3. The average Bonchev–Trinajstić information content (AvgIpc) is 2.60. The monoisotopic (exact) mass is 385 g/mol. The van der Waals surface area contributed by atoms with Gasteiger partial charge in [0.05, 0.1) is 17.5 Å². The summed E-state index contributed by atoms with van der Waals surface area (Å²) < 4.78 is 76.2. The van der Waals surface area contributed by atoms with Crippen molar-refractivity contribution in [2.24, 2.45) is 0 Å². The van der Waals surface area contributed by atoms with Gasteiger partial charge in [-0.2, -0.15) is 18.3 Å². The van der Waals surface area contributed by atoms with Gasteiger partial charge in [0.1, 0.15) is 11.6 Å². The number of rotatable bonds is 3. The predicted octanol–water partition coefficient (Wildman–Crippen LogP) is 4.11. The van der Waals surface area contributed by atoms with E-state index in [1.165, 1.54) is 18.3 Å². The molecule has 0 bridgehead atoms. The van der Waals surface area contributed by atoms with E-state index in [2.05, 4.69) is 15.2 Å². The first kappa shape index (κ1) is 18.1. The summed E-state index contributed by atoms with van der Waals surface area (Å²) in [6, 6.07) is 7.64. The lowest BCUT2D eigenvalue weighted by Crippen LogP contribution is -2.16. The molecule has 1 aromatic heterocycles. The van der Waals surface area contributed by atoms with E-state index in [1.807, 2.05) is 0 Å². The predicted molar refractivity (Wildman–Crippen MR) is 83.1 cm³/mol. The molecular formula is C16H8F5N3OS. The van der Waals surface area contributed by atoms with Crippen molar-refractivity contribution < 1.29 is 26.2 Å².